The van der Waals surface area contributed by atoms with Crippen LogP contribution >= 0.6 is 0 Å². The molecule has 1 spiro atoms. The first kappa shape index (κ1) is 17.5. The van der Waals surface area contributed by atoms with Crippen molar-refractivity contribution in [1.82, 2.24) is 25.5 Å². The van der Waals surface area contributed by atoms with E-state index in [0.717, 1.165) is 19.4 Å². The maximum atomic E-state index is 12.4. The first-order valence-corrected chi connectivity index (χ1v) is 9.23. The molecule has 1 atom stereocenters. The van der Waals surface area contributed by atoms with E-state index in [4.69, 9.17) is 4.84 Å². The van der Waals surface area contributed by atoms with E-state index >= 15 is 0 Å². The highest BCUT2D eigenvalue weighted by atomic mass is 16.7. The lowest BCUT2D eigenvalue weighted by Crippen LogP contribution is -2.49. The summed E-state index contributed by atoms with van der Waals surface area (Å²) in [5, 5.41) is 9.61. The van der Waals surface area contributed by atoms with Crippen LogP contribution in [0.15, 0.2) is 23.6 Å². The average Bonchev–Trinajstić information content (AvgIpc) is 3.29. The Bertz CT molecular complexity index is 741. The van der Waals surface area contributed by atoms with Crippen LogP contribution < -0.4 is 15.5 Å². The first-order valence-electron chi connectivity index (χ1n) is 9.23. The van der Waals surface area contributed by atoms with E-state index in [9.17, 15) is 9.59 Å². The minimum atomic E-state index is -0.501. The van der Waals surface area contributed by atoms with Crippen molar-refractivity contribution in [3.8, 4) is 0 Å². The zero-order valence-electron chi connectivity index (χ0n) is 15.1. The van der Waals surface area contributed by atoms with Gasteiger partial charge in [-0.3, -0.25) is 4.79 Å². The SMILES string of the molecule is O=C(NCCN1CCNC1=O)C1=NOC2(CCCN(c3ncccn3)C2)C1. The van der Waals surface area contributed by atoms with Gasteiger partial charge in [0.25, 0.3) is 5.91 Å². The lowest BCUT2D eigenvalue weighted by molar-refractivity contribution is -0.114. The molecule has 27 heavy (non-hydrogen) atoms. The van der Waals surface area contributed by atoms with Gasteiger partial charge in [0.1, 0.15) is 5.71 Å². The molecule has 0 aromatic carbocycles. The predicted molar refractivity (Wildman–Crippen MR) is 97.3 cm³/mol. The number of anilines is 1. The molecule has 0 bridgehead atoms. The first-order chi connectivity index (χ1) is 13.2. The number of urea groups is 1. The number of nitrogens with one attached hydrogen (secondary N) is 2. The number of nitrogens with zero attached hydrogens (tertiary/aromatic N) is 5. The third-order valence-corrected chi connectivity index (χ3v) is 5.09. The fourth-order valence-corrected chi connectivity index (χ4v) is 3.72. The van der Waals surface area contributed by atoms with Crippen LogP contribution in [0.2, 0.25) is 0 Å². The van der Waals surface area contributed by atoms with Crippen molar-refractivity contribution < 1.29 is 14.4 Å². The van der Waals surface area contributed by atoms with E-state index in [2.05, 4.69) is 30.7 Å². The Labute approximate surface area is 157 Å². The van der Waals surface area contributed by atoms with Crippen LogP contribution in [-0.4, -0.2) is 77.4 Å². The number of hydrogen-bond acceptors (Lipinski definition) is 7. The van der Waals surface area contributed by atoms with Crippen LogP contribution in [0.5, 0.6) is 0 Å². The number of amides is 3. The van der Waals surface area contributed by atoms with Crippen molar-refractivity contribution in [2.75, 3.05) is 44.2 Å². The van der Waals surface area contributed by atoms with Gasteiger partial charge in [0.15, 0.2) is 5.60 Å². The molecule has 3 aliphatic rings. The Morgan fingerprint density at radius 2 is 2.19 bits per heavy atom. The van der Waals surface area contributed by atoms with Gasteiger partial charge in [0, 0.05) is 51.5 Å². The molecule has 144 valence electrons. The van der Waals surface area contributed by atoms with E-state index in [1.54, 1.807) is 23.4 Å². The molecule has 1 unspecified atom stereocenters. The van der Waals surface area contributed by atoms with Gasteiger partial charge in [-0.2, -0.15) is 0 Å². The summed E-state index contributed by atoms with van der Waals surface area (Å²) in [7, 11) is 0. The normalized spacial score (nSPS) is 24.6. The Morgan fingerprint density at radius 3 is 2.96 bits per heavy atom. The Hall–Kier alpha value is -2.91. The van der Waals surface area contributed by atoms with Crippen LogP contribution in [0, 0.1) is 0 Å². The van der Waals surface area contributed by atoms with E-state index in [1.807, 2.05) is 0 Å². The molecule has 0 radical (unpaired) electrons. The standard InChI is InChI=1S/C17H23N7O3/c25-14(18-6-9-23-10-7-21-16(23)26)13-11-17(27-22-13)3-1-8-24(12-17)15-19-4-2-5-20-15/h2,4-5H,1,3,6-12H2,(H,18,25)(H,21,26). The van der Waals surface area contributed by atoms with E-state index < -0.39 is 5.60 Å². The Kier molecular flexibility index (Phi) is 4.78. The molecule has 1 aromatic rings. The monoisotopic (exact) mass is 373 g/mol. The molecule has 10 nitrogen and oxygen atoms in total. The molecule has 0 aliphatic carbocycles. The number of aromatic nitrogens is 2. The molecule has 1 aromatic heterocycles. The Morgan fingerprint density at radius 1 is 1.33 bits per heavy atom. The zero-order chi connectivity index (χ0) is 18.7. The molecule has 2 saturated heterocycles. The van der Waals surface area contributed by atoms with Gasteiger partial charge in [0.05, 0.1) is 6.54 Å². The van der Waals surface area contributed by atoms with Crippen LogP contribution in [0.1, 0.15) is 19.3 Å². The summed E-state index contributed by atoms with van der Waals surface area (Å²) in [5.41, 5.74) is -0.101. The largest absolute Gasteiger partial charge is 0.386 e. The fraction of sp³-hybridized carbons (Fsp3) is 0.588. The second-order valence-electron chi connectivity index (χ2n) is 7.04. The fourth-order valence-electron chi connectivity index (χ4n) is 3.72. The van der Waals surface area contributed by atoms with Crippen molar-refractivity contribution in [2.45, 2.75) is 24.9 Å². The van der Waals surface area contributed by atoms with Gasteiger partial charge in [-0.25, -0.2) is 14.8 Å². The van der Waals surface area contributed by atoms with Crippen molar-refractivity contribution in [2.24, 2.45) is 5.16 Å². The maximum Gasteiger partial charge on any atom is 0.317 e. The molecule has 0 saturated carbocycles. The highest BCUT2D eigenvalue weighted by Crippen LogP contribution is 2.34. The molecule has 10 heteroatoms. The summed E-state index contributed by atoms with van der Waals surface area (Å²) < 4.78 is 0. The maximum absolute atomic E-state index is 12.4. The Balaban J connectivity index is 1.29. The van der Waals surface area contributed by atoms with E-state index in [1.165, 1.54) is 0 Å². The lowest BCUT2D eigenvalue weighted by atomic mass is 9.88. The van der Waals surface area contributed by atoms with Crippen LogP contribution in [0.4, 0.5) is 10.7 Å². The summed E-state index contributed by atoms with van der Waals surface area (Å²) >= 11 is 0. The summed E-state index contributed by atoms with van der Waals surface area (Å²) in [6, 6.07) is 1.70. The second kappa shape index (κ2) is 7.37. The third-order valence-electron chi connectivity index (χ3n) is 5.09. The van der Waals surface area contributed by atoms with E-state index in [-0.39, 0.29) is 11.9 Å². The average molecular weight is 373 g/mol. The molecular weight excluding hydrogens is 350 g/mol. The van der Waals surface area contributed by atoms with Crippen LogP contribution in [-0.2, 0) is 9.63 Å². The van der Waals surface area contributed by atoms with Crippen LogP contribution in [0.3, 0.4) is 0 Å². The van der Waals surface area contributed by atoms with Gasteiger partial charge in [-0.05, 0) is 18.9 Å². The van der Waals surface area contributed by atoms with Crippen molar-refractivity contribution >= 4 is 23.6 Å². The molecule has 2 N–H and O–H groups in total. The molecule has 3 aliphatic heterocycles. The van der Waals surface area contributed by atoms with Gasteiger partial charge < -0.3 is 25.3 Å². The smallest absolute Gasteiger partial charge is 0.317 e. The number of piperidine rings is 1. The molecule has 4 heterocycles. The molecular formula is C17H23N7O3. The number of rotatable bonds is 5. The van der Waals surface area contributed by atoms with Gasteiger partial charge in [0.2, 0.25) is 5.95 Å². The quantitative estimate of drug-likeness (QED) is 0.735. The van der Waals surface area contributed by atoms with Crippen molar-refractivity contribution in [3.63, 3.8) is 0 Å². The summed E-state index contributed by atoms with van der Waals surface area (Å²) in [6.45, 7) is 3.65. The summed E-state index contributed by atoms with van der Waals surface area (Å²) in [5.74, 6) is 0.432. The minimum Gasteiger partial charge on any atom is -0.386 e. The highest BCUT2D eigenvalue weighted by Gasteiger charge is 2.45. The second-order valence-corrected chi connectivity index (χ2v) is 7.04. The number of oxime groups is 1. The lowest BCUT2D eigenvalue weighted by Gasteiger charge is -2.38. The van der Waals surface area contributed by atoms with Crippen molar-refractivity contribution in [3.05, 3.63) is 18.5 Å². The zero-order valence-corrected chi connectivity index (χ0v) is 15.1. The predicted octanol–water partition coefficient (Wildman–Crippen LogP) is -0.267. The minimum absolute atomic E-state index is 0.0878. The number of hydrogen-bond donors (Lipinski definition) is 2. The summed E-state index contributed by atoms with van der Waals surface area (Å²) in [6.07, 6.45) is 5.66. The molecule has 4 rings (SSSR count). The third kappa shape index (κ3) is 3.79. The topological polar surface area (TPSA) is 112 Å². The van der Waals surface area contributed by atoms with Crippen LogP contribution in [0.25, 0.3) is 0 Å². The number of carbonyl (C=O) groups is 2. The van der Waals surface area contributed by atoms with Crippen molar-refractivity contribution in [1.29, 1.82) is 0 Å². The molecule has 2 fully saturated rings. The molecule has 3 amide bonds. The highest BCUT2D eigenvalue weighted by molar-refractivity contribution is 6.39. The number of carbonyl (C=O) groups excluding carboxylic acids is 2. The van der Waals surface area contributed by atoms with Gasteiger partial charge >= 0.3 is 6.03 Å². The van der Waals surface area contributed by atoms with Gasteiger partial charge in [-0.1, -0.05) is 5.16 Å². The summed E-state index contributed by atoms with van der Waals surface area (Å²) in [4.78, 5) is 42.0. The van der Waals surface area contributed by atoms with Gasteiger partial charge in [-0.15, -0.1) is 0 Å². The van der Waals surface area contributed by atoms with E-state index in [0.29, 0.717) is 50.8 Å².